The number of carbonyl (C=O) groups is 1. The van der Waals surface area contributed by atoms with E-state index in [9.17, 15) is 4.79 Å². The first kappa shape index (κ1) is 26.1. The molecule has 1 amide bonds. The third-order valence-electron chi connectivity index (χ3n) is 6.06. The number of ether oxygens (including phenoxy) is 2. The van der Waals surface area contributed by atoms with Crippen molar-refractivity contribution in [2.75, 3.05) is 13.1 Å². The molecular formula is C29H33N5O3. The Morgan fingerprint density at radius 3 is 2.30 bits per heavy atom. The first-order valence-corrected chi connectivity index (χ1v) is 12.6. The van der Waals surface area contributed by atoms with Crippen LogP contribution in [0.3, 0.4) is 0 Å². The highest BCUT2D eigenvalue weighted by molar-refractivity contribution is 5.94. The zero-order valence-electron chi connectivity index (χ0n) is 21.7. The van der Waals surface area contributed by atoms with Crippen molar-refractivity contribution in [3.8, 4) is 17.7 Å². The lowest BCUT2D eigenvalue weighted by Crippen LogP contribution is -2.38. The summed E-state index contributed by atoms with van der Waals surface area (Å²) in [4.78, 5) is 23.7. The first-order chi connectivity index (χ1) is 17.8. The van der Waals surface area contributed by atoms with Gasteiger partial charge >= 0.3 is 0 Å². The minimum absolute atomic E-state index is 0.00861. The number of nitrogens with zero attached hydrogens (tertiary/aromatic N) is 4. The number of benzene rings is 1. The molecule has 1 saturated heterocycles. The average molecular weight is 500 g/mol. The van der Waals surface area contributed by atoms with Crippen LogP contribution in [0.1, 0.15) is 67.3 Å². The summed E-state index contributed by atoms with van der Waals surface area (Å²) in [6, 6.07) is 17.3. The molecule has 3 aromatic rings. The standard InChI is InChI=1S/C29H33N5O3/c1-19(2)36-26-10-6-21(7-11-26)28(22-8-12-27(32-16-22)37-20(3)4)34-14-13-25(18-34)33-29(35)23-5-9-24(15-30)31-17-23/h5-12,16-17,19-20,25,28H,13-14,18H2,1-4H3,(H,33,35)/t25-,28?/m1/s1. The van der Waals surface area contributed by atoms with E-state index >= 15 is 0 Å². The lowest BCUT2D eigenvalue weighted by atomic mass is 9.98. The van der Waals surface area contributed by atoms with Crippen molar-refractivity contribution < 1.29 is 14.3 Å². The smallest absolute Gasteiger partial charge is 0.253 e. The minimum atomic E-state index is -0.188. The van der Waals surface area contributed by atoms with Gasteiger partial charge in [-0.15, -0.1) is 0 Å². The molecule has 4 rings (SSSR count). The Hall–Kier alpha value is -3.96. The van der Waals surface area contributed by atoms with E-state index in [1.807, 2.05) is 58.2 Å². The quantitative estimate of drug-likeness (QED) is 0.462. The predicted molar refractivity (Wildman–Crippen MR) is 140 cm³/mol. The Kier molecular flexibility index (Phi) is 8.36. The maximum Gasteiger partial charge on any atom is 0.253 e. The van der Waals surface area contributed by atoms with Gasteiger partial charge in [0, 0.05) is 37.6 Å². The van der Waals surface area contributed by atoms with Crippen molar-refractivity contribution in [2.24, 2.45) is 0 Å². The topological polar surface area (TPSA) is 100 Å². The fourth-order valence-corrected chi connectivity index (χ4v) is 4.48. The highest BCUT2D eigenvalue weighted by Gasteiger charge is 2.31. The molecule has 1 aromatic carbocycles. The van der Waals surface area contributed by atoms with Crippen molar-refractivity contribution in [3.63, 3.8) is 0 Å². The molecule has 37 heavy (non-hydrogen) atoms. The van der Waals surface area contributed by atoms with Crippen LogP contribution in [0.2, 0.25) is 0 Å². The van der Waals surface area contributed by atoms with Gasteiger partial charge in [-0.1, -0.05) is 18.2 Å². The molecule has 2 aromatic heterocycles. The van der Waals surface area contributed by atoms with Gasteiger partial charge in [0.1, 0.15) is 17.5 Å². The average Bonchev–Trinajstić information content (AvgIpc) is 3.33. The molecule has 1 fully saturated rings. The highest BCUT2D eigenvalue weighted by Crippen LogP contribution is 2.33. The predicted octanol–water partition coefficient (Wildman–Crippen LogP) is 4.52. The summed E-state index contributed by atoms with van der Waals surface area (Å²) in [5.74, 6) is 1.24. The number of pyridine rings is 2. The number of nitrogens with one attached hydrogen (secondary N) is 1. The van der Waals surface area contributed by atoms with E-state index in [2.05, 4.69) is 38.4 Å². The minimum Gasteiger partial charge on any atom is -0.491 e. The molecule has 3 heterocycles. The Bertz CT molecular complexity index is 1160. The van der Waals surface area contributed by atoms with E-state index in [0.29, 0.717) is 18.0 Å². The van der Waals surface area contributed by atoms with Crippen LogP contribution < -0.4 is 14.8 Å². The number of hydrogen-bond donors (Lipinski definition) is 1. The Morgan fingerprint density at radius 2 is 1.70 bits per heavy atom. The molecule has 1 unspecified atom stereocenters. The normalized spacial score (nSPS) is 16.4. The molecule has 1 aliphatic heterocycles. The lowest BCUT2D eigenvalue weighted by molar-refractivity contribution is 0.0936. The monoisotopic (exact) mass is 499 g/mol. The zero-order chi connectivity index (χ0) is 26.4. The van der Waals surface area contributed by atoms with E-state index in [0.717, 1.165) is 29.8 Å². The number of hydrogen-bond acceptors (Lipinski definition) is 7. The summed E-state index contributed by atoms with van der Waals surface area (Å²) in [6.45, 7) is 9.48. The van der Waals surface area contributed by atoms with Gasteiger partial charge in [0.25, 0.3) is 5.91 Å². The van der Waals surface area contributed by atoms with Crippen LogP contribution in [0.5, 0.6) is 11.6 Å². The van der Waals surface area contributed by atoms with Gasteiger partial charge in [-0.25, -0.2) is 9.97 Å². The summed E-state index contributed by atoms with van der Waals surface area (Å²) in [5.41, 5.74) is 2.91. The molecule has 0 aliphatic carbocycles. The van der Waals surface area contributed by atoms with Crippen LogP contribution >= 0.6 is 0 Å². The Morgan fingerprint density at radius 1 is 0.973 bits per heavy atom. The van der Waals surface area contributed by atoms with Crippen LogP contribution in [0, 0.1) is 11.3 Å². The maximum absolute atomic E-state index is 12.8. The summed E-state index contributed by atoms with van der Waals surface area (Å²) in [6.07, 6.45) is 4.29. The van der Waals surface area contributed by atoms with E-state index < -0.39 is 0 Å². The van der Waals surface area contributed by atoms with Crippen LogP contribution in [-0.4, -0.2) is 52.1 Å². The molecule has 192 valence electrons. The maximum atomic E-state index is 12.8. The summed E-state index contributed by atoms with van der Waals surface area (Å²) >= 11 is 0. The number of amides is 1. The zero-order valence-corrected chi connectivity index (χ0v) is 21.7. The van der Waals surface area contributed by atoms with Gasteiger partial charge in [0.2, 0.25) is 5.88 Å². The number of likely N-dealkylation sites (tertiary alicyclic amines) is 1. The van der Waals surface area contributed by atoms with Gasteiger partial charge in [-0.05, 0) is 69.5 Å². The van der Waals surface area contributed by atoms with Crippen molar-refractivity contribution in [1.82, 2.24) is 20.2 Å². The third-order valence-corrected chi connectivity index (χ3v) is 6.06. The van der Waals surface area contributed by atoms with Gasteiger partial charge in [0.15, 0.2) is 0 Å². The van der Waals surface area contributed by atoms with Crippen molar-refractivity contribution in [2.45, 2.75) is 58.4 Å². The first-order valence-electron chi connectivity index (χ1n) is 12.6. The number of rotatable bonds is 9. The largest absolute Gasteiger partial charge is 0.491 e. The van der Waals surface area contributed by atoms with Gasteiger partial charge in [-0.3, -0.25) is 9.69 Å². The second-order valence-corrected chi connectivity index (χ2v) is 9.73. The lowest BCUT2D eigenvalue weighted by Gasteiger charge is -2.29. The van der Waals surface area contributed by atoms with E-state index in [1.54, 1.807) is 12.1 Å². The van der Waals surface area contributed by atoms with Crippen LogP contribution in [0.15, 0.2) is 60.9 Å². The Balaban J connectivity index is 1.52. The number of nitriles is 1. The fraction of sp³-hybridized carbons (Fsp3) is 0.379. The van der Waals surface area contributed by atoms with Gasteiger partial charge in [-0.2, -0.15) is 5.26 Å². The van der Waals surface area contributed by atoms with Crippen LogP contribution in [-0.2, 0) is 0 Å². The van der Waals surface area contributed by atoms with E-state index in [1.165, 1.54) is 6.20 Å². The van der Waals surface area contributed by atoms with Crippen molar-refractivity contribution in [3.05, 3.63) is 83.3 Å². The summed E-state index contributed by atoms with van der Waals surface area (Å²) < 4.78 is 11.6. The molecule has 0 radical (unpaired) electrons. The van der Waals surface area contributed by atoms with Crippen molar-refractivity contribution in [1.29, 1.82) is 5.26 Å². The molecule has 0 bridgehead atoms. The van der Waals surface area contributed by atoms with E-state index in [-0.39, 0.29) is 35.9 Å². The molecule has 2 atom stereocenters. The van der Waals surface area contributed by atoms with E-state index in [4.69, 9.17) is 14.7 Å². The highest BCUT2D eigenvalue weighted by atomic mass is 16.5. The molecule has 0 saturated carbocycles. The SMILES string of the molecule is CC(C)Oc1ccc(C(c2ccc(OC(C)C)nc2)N2CC[C@@H](NC(=O)c3ccc(C#N)nc3)C2)cc1. The van der Waals surface area contributed by atoms with Crippen LogP contribution in [0.4, 0.5) is 0 Å². The van der Waals surface area contributed by atoms with Crippen molar-refractivity contribution >= 4 is 5.91 Å². The Labute approximate surface area is 218 Å². The number of aromatic nitrogens is 2. The summed E-state index contributed by atoms with van der Waals surface area (Å²) in [7, 11) is 0. The molecule has 1 aliphatic rings. The number of carbonyl (C=O) groups excluding carboxylic acids is 1. The molecule has 0 spiro atoms. The second kappa shape index (κ2) is 11.8. The molecule has 1 N–H and O–H groups in total. The fourth-order valence-electron chi connectivity index (χ4n) is 4.48. The van der Waals surface area contributed by atoms with Gasteiger partial charge in [0.05, 0.1) is 23.8 Å². The third kappa shape index (κ3) is 6.83. The molecule has 8 heteroatoms. The molecular weight excluding hydrogens is 466 g/mol. The van der Waals surface area contributed by atoms with Gasteiger partial charge < -0.3 is 14.8 Å². The second-order valence-electron chi connectivity index (χ2n) is 9.73. The molecule has 8 nitrogen and oxygen atoms in total. The summed E-state index contributed by atoms with van der Waals surface area (Å²) in [5, 5.41) is 12.1. The van der Waals surface area contributed by atoms with Crippen LogP contribution in [0.25, 0.3) is 0 Å².